The second-order valence-corrected chi connectivity index (χ2v) is 2.93. The SMILES string of the molecule is O=C(O)c1c(O)cc(Cl)cc1Cl. The first-order chi connectivity index (χ1) is 5.52. The normalized spacial score (nSPS) is 9.83. The van der Waals surface area contributed by atoms with Crippen molar-refractivity contribution in [1.82, 2.24) is 0 Å². The summed E-state index contributed by atoms with van der Waals surface area (Å²) >= 11 is 11.0. The van der Waals surface area contributed by atoms with E-state index in [0.29, 0.717) is 0 Å². The zero-order valence-corrected chi connectivity index (χ0v) is 7.23. The molecule has 0 saturated heterocycles. The molecule has 0 radical (unpaired) electrons. The Hall–Kier alpha value is -0.930. The summed E-state index contributed by atoms with van der Waals surface area (Å²) in [7, 11) is 0. The molecule has 0 spiro atoms. The average molecular weight is 207 g/mol. The average Bonchev–Trinajstić information content (AvgIpc) is 1.82. The summed E-state index contributed by atoms with van der Waals surface area (Å²) in [6.07, 6.45) is 0. The number of rotatable bonds is 1. The van der Waals surface area contributed by atoms with E-state index in [4.69, 9.17) is 33.4 Å². The number of hydrogen-bond acceptors (Lipinski definition) is 2. The standard InChI is InChI=1S/C7H4Cl2O3/c8-3-1-4(9)6(7(11)12)5(10)2-3/h1-2,10H,(H,11,12). The van der Waals surface area contributed by atoms with Gasteiger partial charge in [0.25, 0.3) is 0 Å². The first-order valence-electron chi connectivity index (χ1n) is 2.93. The molecule has 0 fully saturated rings. The lowest BCUT2D eigenvalue weighted by Crippen LogP contribution is -1.97. The molecule has 2 N–H and O–H groups in total. The van der Waals surface area contributed by atoms with Gasteiger partial charge >= 0.3 is 5.97 Å². The smallest absolute Gasteiger partial charge is 0.341 e. The van der Waals surface area contributed by atoms with E-state index in [0.717, 1.165) is 6.07 Å². The van der Waals surface area contributed by atoms with Crippen molar-refractivity contribution in [2.45, 2.75) is 0 Å². The van der Waals surface area contributed by atoms with Gasteiger partial charge in [-0.25, -0.2) is 4.79 Å². The highest BCUT2D eigenvalue weighted by atomic mass is 35.5. The van der Waals surface area contributed by atoms with Crippen LogP contribution >= 0.6 is 23.2 Å². The second-order valence-electron chi connectivity index (χ2n) is 2.09. The molecule has 1 rings (SSSR count). The molecule has 0 aromatic heterocycles. The Morgan fingerprint density at radius 2 is 1.92 bits per heavy atom. The van der Waals surface area contributed by atoms with E-state index in [-0.39, 0.29) is 15.6 Å². The van der Waals surface area contributed by atoms with Gasteiger partial charge in [0.05, 0.1) is 5.02 Å². The summed E-state index contributed by atoms with van der Waals surface area (Å²) in [6.45, 7) is 0. The van der Waals surface area contributed by atoms with E-state index in [1.807, 2.05) is 0 Å². The zero-order chi connectivity index (χ0) is 9.30. The number of hydrogen-bond donors (Lipinski definition) is 2. The fourth-order valence-corrected chi connectivity index (χ4v) is 1.34. The maximum atomic E-state index is 10.5. The molecular formula is C7H4Cl2O3. The van der Waals surface area contributed by atoms with Gasteiger partial charge in [-0.1, -0.05) is 23.2 Å². The van der Waals surface area contributed by atoms with Crippen LogP contribution in [0, 0.1) is 0 Å². The number of aromatic carboxylic acids is 1. The van der Waals surface area contributed by atoms with Crippen LogP contribution in [0.4, 0.5) is 0 Å². The minimum atomic E-state index is -1.28. The number of halogens is 2. The fraction of sp³-hybridized carbons (Fsp3) is 0. The van der Waals surface area contributed by atoms with Crippen LogP contribution in [0.25, 0.3) is 0 Å². The molecule has 1 aromatic carbocycles. The van der Waals surface area contributed by atoms with E-state index in [2.05, 4.69) is 0 Å². The summed E-state index contributed by atoms with van der Waals surface area (Å²) in [5, 5.41) is 17.8. The van der Waals surface area contributed by atoms with Gasteiger partial charge in [-0.05, 0) is 12.1 Å². The molecule has 0 heterocycles. The van der Waals surface area contributed by atoms with E-state index < -0.39 is 11.7 Å². The Balaban J connectivity index is 3.38. The molecule has 64 valence electrons. The van der Waals surface area contributed by atoms with Crippen LogP contribution in [-0.4, -0.2) is 16.2 Å². The number of phenols is 1. The Morgan fingerprint density at radius 3 is 2.33 bits per heavy atom. The second kappa shape index (κ2) is 3.21. The lowest BCUT2D eigenvalue weighted by molar-refractivity contribution is 0.0694. The van der Waals surface area contributed by atoms with E-state index in [9.17, 15) is 4.79 Å². The molecule has 3 nitrogen and oxygen atoms in total. The first kappa shape index (κ1) is 9.16. The highest BCUT2D eigenvalue weighted by Gasteiger charge is 2.14. The minimum absolute atomic E-state index is 0.0764. The Labute approximate surface area is 78.2 Å². The molecule has 0 aliphatic rings. The minimum Gasteiger partial charge on any atom is -0.507 e. The van der Waals surface area contributed by atoms with Gasteiger partial charge in [-0.3, -0.25) is 0 Å². The van der Waals surface area contributed by atoms with Crippen LogP contribution in [0.3, 0.4) is 0 Å². The Bertz CT molecular complexity index is 312. The van der Waals surface area contributed by atoms with Gasteiger partial charge < -0.3 is 10.2 Å². The van der Waals surface area contributed by atoms with Crippen LogP contribution in [0.2, 0.25) is 10.0 Å². The molecule has 1 aromatic rings. The van der Waals surface area contributed by atoms with Crippen molar-refractivity contribution in [3.05, 3.63) is 27.7 Å². The quantitative estimate of drug-likeness (QED) is 0.743. The highest BCUT2D eigenvalue weighted by molar-refractivity contribution is 6.37. The molecule has 0 unspecified atom stereocenters. The lowest BCUT2D eigenvalue weighted by Gasteiger charge is -2.01. The van der Waals surface area contributed by atoms with Gasteiger partial charge in [-0.2, -0.15) is 0 Å². The summed E-state index contributed by atoms with van der Waals surface area (Å²) in [4.78, 5) is 10.5. The summed E-state index contributed by atoms with van der Waals surface area (Å²) in [6, 6.07) is 2.38. The maximum absolute atomic E-state index is 10.5. The molecule has 0 saturated carbocycles. The molecular weight excluding hydrogens is 203 g/mol. The Kier molecular flexibility index (Phi) is 2.45. The third-order valence-electron chi connectivity index (χ3n) is 1.25. The summed E-state index contributed by atoms with van der Waals surface area (Å²) < 4.78 is 0. The largest absolute Gasteiger partial charge is 0.507 e. The molecule has 0 bridgehead atoms. The van der Waals surface area contributed by atoms with Gasteiger partial charge in [-0.15, -0.1) is 0 Å². The molecule has 0 amide bonds. The summed E-state index contributed by atoms with van der Waals surface area (Å²) in [5.41, 5.74) is -0.332. The van der Waals surface area contributed by atoms with Crippen molar-refractivity contribution in [2.75, 3.05) is 0 Å². The van der Waals surface area contributed by atoms with Crippen molar-refractivity contribution >= 4 is 29.2 Å². The van der Waals surface area contributed by atoms with E-state index in [1.54, 1.807) is 0 Å². The van der Waals surface area contributed by atoms with Crippen molar-refractivity contribution in [1.29, 1.82) is 0 Å². The van der Waals surface area contributed by atoms with Crippen molar-refractivity contribution in [3.63, 3.8) is 0 Å². The van der Waals surface area contributed by atoms with Crippen LogP contribution < -0.4 is 0 Å². The van der Waals surface area contributed by atoms with Crippen molar-refractivity contribution in [3.8, 4) is 5.75 Å². The molecule has 0 atom stereocenters. The van der Waals surface area contributed by atoms with Gasteiger partial charge in [0.15, 0.2) is 0 Å². The monoisotopic (exact) mass is 206 g/mol. The molecule has 12 heavy (non-hydrogen) atoms. The van der Waals surface area contributed by atoms with Crippen LogP contribution in [0.5, 0.6) is 5.75 Å². The molecule has 0 aliphatic heterocycles. The third kappa shape index (κ3) is 1.62. The number of carboxylic acid groups (broad SMARTS) is 1. The first-order valence-corrected chi connectivity index (χ1v) is 3.69. The highest BCUT2D eigenvalue weighted by Crippen LogP contribution is 2.29. The van der Waals surface area contributed by atoms with Gasteiger partial charge in [0, 0.05) is 5.02 Å². The number of aromatic hydroxyl groups is 1. The number of carbonyl (C=O) groups is 1. The van der Waals surface area contributed by atoms with Crippen LogP contribution in [-0.2, 0) is 0 Å². The Morgan fingerprint density at radius 1 is 1.33 bits per heavy atom. The van der Waals surface area contributed by atoms with Crippen molar-refractivity contribution in [2.24, 2.45) is 0 Å². The summed E-state index contributed by atoms with van der Waals surface area (Å²) in [5.74, 6) is -1.71. The van der Waals surface area contributed by atoms with E-state index >= 15 is 0 Å². The number of carboxylic acids is 1. The third-order valence-corrected chi connectivity index (χ3v) is 1.76. The fourth-order valence-electron chi connectivity index (χ4n) is 0.772. The van der Waals surface area contributed by atoms with Crippen LogP contribution in [0.15, 0.2) is 12.1 Å². The predicted octanol–water partition coefficient (Wildman–Crippen LogP) is 2.40. The molecule has 5 heteroatoms. The lowest BCUT2D eigenvalue weighted by atomic mass is 10.2. The molecule has 0 aliphatic carbocycles. The number of benzene rings is 1. The van der Waals surface area contributed by atoms with Gasteiger partial charge in [0.1, 0.15) is 11.3 Å². The predicted molar refractivity (Wildman–Crippen MR) is 45.1 cm³/mol. The zero-order valence-electron chi connectivity index (χ0n) is 5.71. The maximum Gasteiger partial charge on any atom is 0.341 e. The van der Waals surface area contributed by atoms with E-state index in [1.165, 1.54) is 6.07 Å². The van der Waals surface area contributed by atoms with Crippen molar-refractivity contribution < 1.29 is 15.0 Å². The van der Waals surface area contributed by atoms with Crippen LogP contribution in [0.1, 0.15) is 10.4 Å². The topological polar surface area (TPSA) is 57.5 Å². The van der Waals surface area contributed by atoms with Gasteiger partial charge in [0.2, 0.25) is 0 Å².